The minimum Gasteiger partial charge on any atom is -0.468 e. The number of nitrogens with one attached hydrogen (secondary N) is 1. The van der Waals surface area contributed by atoms with E-state index in [0.29, 0.717) is 12.0 Å². The Bertz CT molecular complexity index is 1250. The van der Waals surface area contributed by atoms with Crippen LogP contribution in [0.5, 0.6) is 0 Å². The molecule has 0 radical (unpaired) electrons. The summed E-state index contributed by atoms with van der Waals surface area (Å²) in [5.74, 6) is 1.81. The Morgan fingerprint density at radius 2 is 1.85 bits per heavy atom. The van der Waals surface area contributed by atoms with Crippen LogP contribution in [0.25, 0.3) is 11.1 Å². The molecule has 220 valence electrons. The van der Waals surface area contributed by atoms with Crippen molar-refractivity contribution >= 4 is 23.6 Å². The molecule has 1 fully saturated rings. The Balaban J connectivity index is 1.60. The van der Waals surface area contributed by atoms with Crippen LogP contribution in [0.15, 0.2) is 65.3 Å². The van der Waals surface area contributed by atoms with Gasteiger partial charge in [0.05, 0.1) is 19.9 Å². The summed E-state index contributed by atoms with van der Waals surface area (Å²) >= 11 is 1.63. The van der Waals surface area contributed by atoms with E-state index in [0.717, 1.165) is 59.3 Å². The van der Waals surface area contributed by atoms with Crippen molar-refractivity contribution in [3.05, 3.63) is 83.3 Å². The van der Waals surface area contributed by atoms with Crippen molar-refractivity contribution in [1.82, 2.24) is 10.2 Å². The first-order chi connectivity index (χ1) is 20.0. The lowest BCUT2D eigenvalue weighted by atomic mass is 9.87. The molecule has 0 bridgehead atoms. The van der Waals surface area contributed by atoms with Crippen molar-refractivity contribution in [3.63, 3.8) is 0 Å². The Morgan fingerprint density at radius 3 is 2.56 bits per heavy atom. The van der Waals surface area contributed by atoms with Crippen molar-refractivity contribution in [3.8, 4) is 11.1 Å². The molecular formula is C34H44N2O4S. The molecule has 4 rings (SSSR count). The van der Waals surface area contributed by atoms with Crippen LogP contribution in [0.2, 0.25) is 0 Å². The van der Waals surface area contributed by atoms with Crippen LogP contribution in [-0.2, 0) is 22.6 Å². The summed E-state index contributed by atoms with van der Waals surface area (Å²) in [6.45, 7) is 4.57. The predicted octanol–water partition coefficient (Wildman–Crippen LogP) is 7.25. The van der Waals surface area contributed by atoms with Crippen LogP contribution < -0.4 is 5.32 Å². The maximum absolute atomic E-state index is 13.6. The summed E-state index contributed by atoms with van der Waals surface area (Å²) in [5, 5.41) is 2.95. The highest BCUT2D eigenvalue weighted by Crippen LogP contribution is 2.30. The van der Waals surface area contributed by atoms with E-state index in [1.54, 1.807) is 18.0 Å². The van der Waals surface area contributed by atoms with Gasteiger partial charge in [0.25, 0.3) is 5.91 Å². The minimum absolute atomic E-state index is 0.268. The maximum Gasteiger partial charge on any atom is 0.328 e. The number of furan rings is 1. The number of aryl methyl sites for hydroxylation is 1. The minimum atomic E-state index is -0.687. The SMILES string of the molecule is COC(=O)[C@H](CCSC)NC(=O)c1ccc(CN(CCC2CCCCC2)Cc2ccco2)cc1-c1ccccc1C. The summed E-state index contributed by atoms with van der Waals surface area (Å²) in [6, 6.07) is 17.5. The zero-order valence-corrected chi connectivity index (χ0v) is 25.5. The van der Waals surface area contributed by atoms with Crippen molar-refractivity contribution in [2.45, 2.75) is 71.0 Å². The molecule has 1 N–H and O–H groups in total. The smallest absolute Gasteiger partial charge is 0.328 e. The monoisotopic (exact) mass is 576 g/mol. The number of ether oxygens (including phenoxy) is 1. The third kappa shape index (κ3) is 8.98. The fraction of sp³-hybridized carbons (Fsp3) is 0.471. The first-order valence-electron chi connectivity index (χ1n) is 14.8. The normalized spacial score (nSPS) is 14.6. The standard InChI is InChI=1S/C34H44N2O4S/c1-25-10-7-8-14-29(25)31-22-27(15-16-30(31)33(37)35-32(18-21-41-3)34(38)39-2)23-36(24-28-13-9-20-40-28)19-17-26-11-5-4-6-12-26/h7-10,13-16,20,22,26,32H,4-6,11-12,17-19,21,23-24H2,1-3H3,(H,35,37)/t32-/m0/s1. The van der Waals surface area contributed by atoms with Gasteiger partial charge in [0.15, 0.2) is 0 Å². The van der Waals surface area contributed by atoms with Gasteiger partial charge in [-0.3, -0.25) is 9.69 Å². The van der Waals surface area contributed by atoms with Crippen LogP contribution in [0, 0.1) is 12.8 Å². The Morgan fingerprint density at radius 1 is 1.05 bits per heavy atom. The Kier molecular flexibility index (Phi) is 11.9. The van der Waals surface area contributed by atoms with Gasteiger partial charge in [-0.2, -0.15) is 11.8 Å². The number of carbonyl (C=O) groups excluding carboxylic acids is 2. The lowest BCUT2D eigenvalue weighted by molar-refractivity contribution is -0.142. The molecule has 1 aromatic heterocycles. The summed E-state index contributed by atoms with van der Waals surface area (Å²) in [5.41, 5.74) is 4.67. The second-order valence-electron chi connectivity index (χ2n) is 11.1. The van der Waals surface area contributed by atoms with Gasteiger partial charge >= 0.3 is 5.97 Å². The molecule has 0 aliphatic heterocycles. The fourth-order valence-electron chi connectivity index (χ4n) is 5.78. The third-order valence-electron chi connectivity index (χ3n) is 8.11. The number of esters is 1. The first kappa shape index (κ1) is 30.9. The number of rotatable bonds is 14. The number of methoxy groups -OCH3 is 1. The molecule has 1 heterocycles. The number of amides is 1. The number of hydrogen-bond acceptors (Lipinski definition) is 6. The zero-order chi connectivity index (χ0) is 29.0. The van der Waals surface area contributed by atoms with Gasteiger partial charge in [0, 0.05) is 12.1 Å². The number of carbonyl (C=O) groups is 2. The maximum atomic E-state index is 13.6. The molecule has 3 aromatic rings. The lowest BCUT2D eigenvalue weighted by Crippen LogP contribution is -2.42. The van der Waals surface area contributed by atoms with Crippen molar-refractivity contribution in [2.24, 2.45) is 5.92 Å². The lowest BCUT2D eigenvalue weighted by Gasteiger charge is -2.27. The van der Waals surface area contributed by atoms with Crippen LogP contribution >= 0.6 is 11.8 Å². The van der Waals surface area contributed by atoms with Gasteiger partial charge in [-0.1, -0.05) is 62.4 Å². The van der Waals surface area contributed by atoms with Gasteiger partial charge < -0.3 is 14.5 Å². The summed E-state index contributed by atoms with van der Waals surface area (Å²) in [4.78, 5) is 28.5. The fourth-order valence-corrected chi connectivity index (χ4v) is 6.26. The number of hydrogen-bond donors (Lipinski definition) is 1. The van der Waals surface area contributed by atoms with Gasteiger partial charge in [0.2, 0.25) is 0 Å². The second-order valence-corrected chi connectivity index (χ2v) is 12.1. The van der Waals surface area contributed by atoms with Gasteiger partial charge in [-0.15, -0.1) is 0 Å². The van der Waals surface area contributed by atoms with E-state index in [9.17, 15) is 9.59 Å². The highest BCUT2D eigenvalue weighted by atomic mass is 32.2. The van der Waals surface area contributed by atoms with Crippen molar-refractivity contribution < 1.29 is 18.7 Å². The molecule has 6 nitrogen and oxygen atoms in total. The molecule has 1 aliphatic carbocycles. The van der Waals surface area contributed by atoms with E-state index in [1.807, 2.05) is 42.7 Å². The predicted molar refractivity (Wildman–Crippen MR) is 167 cm³/mol. The van der Waals surface area contributed by atoms with E-state index >= 15 is 0 Å². The summed E-state index contributed by atoms with van der Waals surface area (Å²) in [6.07, 6.45) is 12.1. The number of benzene rings is 2. The molecule has 1 atom stereocenters. The average molecular weight is 577 g/mol. The summed E-state index contributed by atoms with van der Waals surface area (Å²) < 4.78 is 10.7. The molecule has 0 unspecified atom stereocenters. The average Bonchev–Trinajstić information content (AvgIpc) is 3.51. The van der Waals surface area contributed by atoms with Gasteiger partial charge in [-0.05, 0) is 90.8 Å². The molecule has 1 amide bonds. The van der Waals surface area contributed by atoms with Gasteiger partial charge in [-0.25, -0.2) is 4.79 Å². The molecular weight excluding hydrogens is 532 g/mol. The van der Waals surface area contributed by atoms with E-state index in [1.165, 1.54) is 45.6 Å². The highest BCUT2D eigenvalue weighted by Gasteiger charge is 2.24. The topological polar surface area (TPSA) is 71.8 Å². The molecule has 41 heavy (non-hydrogen) atoms. The van der Waals surface area contributed by atoms with Crippen molar-refractivity contribution in [1.29, 1.82) is 0 Å². The second kappa shape index (κ2) is 15.8. The van der Waals surface area contributed by atoms with Gasteiger partial charge in [0.1, 0.15) is 11.8 Å². The summed E-state index contributed by atoms with van der Waals surface area (Å²) in [7, 11) is 1.36. The van der Waals surface area contributed by atoms with Crippen LogP contribution in [-0.4, -0.2) is 48.5 Å². The van der Waals surface area contributed by atoms with Crippen LogP contribution in [0.3, 0.4) is 0 Å². The van der Waals surface area contributed by atoms with E-state index < -0.39 is 12.0 Å². The van der Waals surface area contributed by atoms with Crippen LogP contribution in [0.1, 0.15) is 72.2 Å². The number of nitrogens with zero attached hydrogens (tertiary/aromatic N) is 1. The molecule has 1 aliphatic rings. The quantitative estimate of drug-likeness (QED) is 0.204. The molecule has 2 aromatic carbocycles. The first-order valence-corrected chi connectivity index (χ1v) is 16.2. The molecule has 7 heteroatoms. The van der Waals surface area contributed by atoms with Crippen LogP contribution in [0.4, 0.5) is 0 Å². The largest absolute Gasteiger partial charge is 0.468 e. The van der Waals surface area contributed by atoms with E-state index in [4.69, 9.17) is 9.15 Å². The zero-order valence-electron chi connectivity index (χ0n) is 24.7. The van der Waals surface area contributed by atoms with E-state index in [2.05, 4.69) is 35.3 Å². The third-order valence-corrected chi connectivity index (χ3v) is 8.75. The number of thioether (sulfide) groups is 1. The van der Waals surface area contributed by atoms with Crippen molar-refractivity contribution in [2.75, 3.05) is 25.7 Å². The van der Waals surface area contributed by atoms with E-state index in [-0.39, 0.29) is 5.91 Å². The molecule has 1 saturated carbocycles. The molecule has 0 spiro atoms. The Labute approximate surface area is 249 Å². The molecule has 0 saturated heterocycles. The Hall–Kier alpha value is -3.03. The highest BCUT2D eigenvalue weighted by molar-refractivity contribution is 7.98.